The molecular weight excluding hydrogens is 407 g/mol. The van der Waals surface area contributed by atoms with E-state index in [1.807, 2.05) is 0 Å². The molecule has 140 valence electrons. The normalized spacial score (nSPS) is 25.5. The summed E-state index contributed by atoms with van der Waals surface area (Å²) < 4.78 is 37.8. The predicted molar refractivity (Wildman–Crippen MR) is 97.0 cm³/mol. The molecule has 2 aliphatic heterocycles. The number of amidine groups is 1. The van der Waals surface area contributed by atoms with Gasteiger partial charge in [0.15, 0.2) is 15.0 Å². The summed E-state index contributed by atoms with van der Waals surface area (Å²) in [6.45, 7) is 0. The van der Waals surface area contributed by atoms with Crippen LogP contribution in [0.15, 0.2) is 23.2 Å². The van der Waals surface area contributed by atoms with Gasteiger partial charge < -0.3 is 10.0 Å². The Labute approximate surface area is 158 Å². The lowest BCUT2D eigenvalue weighted by atomic mass is 10.2. The molecule has 0 bridgehead atoms. The van der Waals surface area contributed by atoms with Crippen LogP contribution in [-0.2, 0) is 19.4 Å². The molecule has 0 unspecified atom stereocenters. The van der Waals surface area contributed by atoms with Crippen molar-refractivity contribution in [2.75, 3.05) is 16.4 Å². The lowest BCUT2D eigenvalue weighted by molar-refractivity contribution is -0.138. The lowest BCUT2D eigenvalue weighted by Gasteiger charge is -2.24. The molecule has 0 radical (unpaired) electrons. The van der Waals surface area contributed by atoms with Crippen LogP contribution in [-0.4, -0.2) is 53.4 Å². The summed E-state index contributed by atoms with van der Waals surface area (Å²) in [7, 11) is -3.24. The largest absolute Gasteiger partial charge is 0.481 e. The summed E-state index contributed by atoms with van der Waals surface area (Å²) in [6.07, 6.45) is -0.618. The van der Waals surface area contributed by atoms with Gasteiger partial charge in [-0.05, 0) is 18.2 Å². The molecule has 2 fully saturated rings. The second kappa shape index (κ2) is 7.16. The van der Waals surface area contributed by atoms with Crippen LogP contribution >= 0.6 is 23.4 Å². The summed E-state index contributed by atoms with van der Waals surface area (Å²) in [6, 6.07) is 3.55. The molecule has 0 aromatic heterocycles. The number of halogens is 2. The number of rotatable bonds is 4. The van der Waals surface area contributed by atoms with Crippen molar-refractivity contribution in [3.05, 3.63) is 29.0 Å². The first-order chi connectivity index (χ1) is 12.2. The fourth-order valence-corrected chi connectivity index (χ4v) is 6.93. The van der Waals surface area contributed by atoms with Crippen molar-refractivity contribution in [1.29, 1.82) is 0 Å². The lowest BCUT2D eigenvalue weighted by Crippen LogP contribution is -2.37. The highest BCUT2D eigenvalue weighted by Crippen LogP contribution is 2.41. The van der Waals surface area contributed by atoms with Crippen LogP contribution in [0.5, 0.6) is 0 Å². The van der Waals surface area contributed by atoms with E-state index in [4.69, 9.17) is 16.7 Å². The van der Waals surface area contributed by atoms with Gasteiger partial charge in [0.2, 0.25) is 5.91 Å². The average molecular weight is 421 g/mol. The smallest absolute Gasteiger partial charge is 0.303 e. The van der Waals surface area contributed by atoms with E-state index in [0.29, 0.717) is 5.69 Å². The Hall–Kier alpha value is -1.65. The molecule has 0 spiro atoms. The van der Waals surface area contributed by atoms with E-state index in [9.17, 15) is 22.4 Å². The quantitative estimate of drug-likeness (QED) is 0.793. The zero-order chi connectivity index (χ0) is 19.1. The summed E-state index contributed by atoms with van der Waals surface area (Å²) in [5.74, 6) is -2.60. The van der Waals surface area contributed by atoms with Crippen molar-refractivity contribution < 1.29 is 27.5 Å². The van der Waals surface area contributed by atoms with E-state index >= 15 is 0 Å². The number of thioether (sulfide) groups is 1. The monoisotopic (exact) mass is 420 g/mol. The highest BCUT2D eigenvalue weighted by atomic mass is 35.5. The number of carboxylic acid groups (broad SMARTS) is 1. The molecule has 1 aromatic carbocycles. The molecule has 0 saturated carbocycles. The van der Waals surface area contributed by atoms with Gasteiger partial charge in [-0.2, -0.15) is 4.99 Å². The van der Waals surface area contributed by atoms with E-state index < -0.39 is 33.6 Å². The molecular formula is C15H14ClFN2O5S2. The summed E-state index contributed by atoms with van der Waals surface area (Å²) >= 11 is 6.83. The van der Waals surface area contributed by atoms with Gasteiger partial charge in [-0.3, -0.25) is 9.59 Å². The van der Waals surface area contributed by atoms with Gasteiger partial charge in [0, 0.05) is 17.4 Å². The maximum Gasteiger partial charge on any atom is 0.303 e. The number of amides is 1. The number of benzene rings is 1. The minimum Gasteiger partial charge on any atom is -0.481 e. The summed E-state index contributed by atoms with van der Waals surface area (Å²) in [5.41, 5.74) is 0.341. The van der Waals surface area contributed by atoms with Crippen LogP contribution in [0.25, 0.3) is 0 Å². The van der Waals surface area contributed by atoms with Crippen molar-refractivity contribution in [3.8, 4) is 0 Å². The topological polar surface area (TPSA) is 104 Å². The third-order valence-electron chi connectivity index (χ3n) is 4.02. The number of carboxylic acids is 1. The van der Waals surface area contributed by atoms with Crippen molar-refractivity contribution in [1.82, 2.24) is 0 Å². The number of hydrogen-bond acceptors (Lipinski definition) is 5. The van der Waals surface area contributed by atoms with Gasteiger partial charge >= 0.3 is 5.97 Å². The molecule has 1 aromatic rings. The van der Waals surface area contributed by atoms with E-state index in [1.54, 1.807) is 0 Å². The minimum absolute atomic E-state index is 0.0583. The molecule has 1 N–H and O–H groups in total. The van der Waals surface area contributed by atoms with E-state index in [2.05, 4.69) is 4.99 Å². The predicted octanol–water partition coefficient (Wildman–Crippen LogP) is 1.95. The van der Waals surface area contributed by atoms with Gasteiger partial charge in [0.25, 0.3) is 0 Å². The highest BCUT2D eigenvalue weighted by Gasteiger charge is 2.49. The summed E-state index contributed by atoms with van der Waals surface area (Å²) in [4.78, 5) is 28.0. The van der Waals surface area contributed by atoms with Gasteiger partial charge in [0.05, 0.1) is 29.0 Å². The summed E-state index contributed by atoms with van der Waals surface area (Å²) in [5, 5.41) is 8.50. The van der Waals surface area contributed by atoms with Gasteiger partial charge in [-0.15, -0.1) is 0 Å². The molecule has 2 saturated heterocycles. The van der Waals surface area contributed by atoms with Crippen LogP contribution in [0.2, 0.25) is 5.02 Å². The molecule has 11 heteroatoms. The number of carbonyl (C=O) groups excluding carboxylic acids is 1. The standard InChI is InChI=1S/C15H14ClFN2O5S2/c16-9-2-1-8(5-10(9)17)19-11-6-26(23,24)7-12(11)25-15(19)18-13(20)3-4-14(21)22/h1-2,5,11-12H,3-4,6-7H2,(H,21,22)/t11-,12-/m0/s1. The average Bonchev–Trinajstić information content (AvgIpc) is 2.99. The number of aliphatic imine (C=N–C) groups is 1. The molecule has 3 rings (SSSR count). The Balaban J connectivity index is 1.94. The first-order valence-electron chi connectivity index (χ1n) is 7.61. The fourth-order valence-electron chi connectivity index (χ4n) is 2.88. The Morgan fingerprint density at radius 2 is 2.08 bits per heavy atom. The fraction of sp³-hybridized carbons (Fsp3) is 0.400. The second-order valence-electron chi connectivity index (χ2n) is 5.95. The Kier molecular flexibility index (Phi) is 5.27. The Morgan fingerprint density at radius 1 is 1.35 bits per heavy atom. The number of nitrogens with zero attached hydrogens (tertiary/aromatic N) is 2. The van der Waals surface area contributed by atoms with Crippen molar-refractivity contribution in [3.63, 3.8) is 0 Å². The zero-order valence-electron chi connectivity index (χ0n) is 13.3. The molecule has 2 aliphatic rings. The minimum atomic E-state index is -3.24. The van der Waals surface area contributed by atoms with Crippen molar-refractivity contribution >= 4 is 55.9 Å². The molecule has 7 nitrogen and oxygen atoms in total. The zero-order valence-corrected chi connectivity index (χ0v) is 15.7. The third kappa shape index (κ3) is 4.02. The van der Waals surface area contributed by atoms with Crippen LogP contribution in [0, 0.1) is 5.82 Å². The van der Waals surface area contributed by atoms with Gasteiger partial charge in [0.1, 0.15) is 5.82 Å². The van der Waals surface area contributed by atoms with Crippen molar-refractivity contribution in [2.24, 2.45) is 4.99 Å². The third-order valence-corrected chi connectivity index (χ3v) is 7.54. The first-order valence-corrected chi connectivity index (χ1v) is 10.7. The maximum absolute atomic E-state index is 13.9. The van der Waals surface area contributed by atoms with E-state index in [1.165, 1.54) is 17.0 Å². The maximum atomic E-state index is 13.9. The van der Waals surface area contributed by atoms with Crippen LogP contribution in [0.3, 0.4) is 0 Å². The molecule has 2 atom stereocenters. The van der Waals surface area contributed by atoms with Crippen LogP contribution in [0.1, 0.15) is 12.8 Å². The van der Waals surface area contributed by atoms with E-state index in [0.717, 1.165) is 17.8 Å². The molecule has 1 amide bonds. The number of hydrogen-bond donors (Lipinski definition) is 1. The molecule has 0 aliphatic carbocycles. The van der Waals surface area contributed by atoms with Gasteiger partial charge in [-0.1, -0.05) is 23.4 Å². The number of sulfone groups is 1. The first kappa shape index (κ1) is 19.1. The van der Waals surface area contributed by atoms with Gasteiger partial charge in [-0.25, -0.2) is 12.8 Å². The number of fused-ring (bicyclic) bond motifs is 1. The number of carbonyl (C=O) groups is 2. The molecule has 26 heavy (non-hydrogen) atoms. The SMILES string of the molecule is O=C(O)CCC(=O)N=C1S[C@H]2CS(=O)(=O)C[C@@H]2N1c1ccc(Cl)c(F)c1. The van der Waals surface area contributed by atoms with Crippen LogP contribution < -0.4 is 4.90 Å². The Bertz CT molecular complexity index is 905. The Morgan fingerprint density at radius 3 is 2.73 bits per heavy atom. The number of anilines is 1. The highest BCUT2D eigenvalue weighted by molar-refractivity contribution is 8.16. The van der Waals surface area contributed by atoms with E-state index in [-0.39, 0.29) is 39.8 Å². The van der Waals surface area contributed by atoms with Crippen molar-refractivity contribution in [2.45, 2.75) is 24.1 Å². The molecule has 2 heterocycles. The second-order valence-corrected chi connectivity index (χ2v) is 9.72. The number of aliphatic carboxylic acids is 1. The van der Waals surface area contributed by atoms with Crippen LogP contribution in [0.4, 0.5) is 10.1 Å².